The van der Waals surface area contributed by atoms with Gasteiger partial charge in [0.15, 0.2) is 5.69 Å². The van der Waals surface area contributed by atoms with Crippen molar-refractivity contribution in [1.82, 2.24) is 15.2 Å². The molecule has 2 heterocycles. The van der Waals surface area contributed by atoms with E-state index in [0.717, 1.165) is 10.1 Å². The highest BCUT2D eigenvalue weighted by Gasteiger charge is 2.20. The number of amides is 1. The maximum atomic E-state index is 13.9. The van der Waals surface area contributed by atoms with E-state index in [4.69, 9.17) is 16.3 Å². The largest absolute Gasteiger partial charge is 0.422 e. The van der Waals surface area contributed by atoms with Gasteiger partial charge in [-0.05, 0) is 30.3 Å². The molecule has 0 saturated carbocycles. The standard InChI is InChI=1S/C27H18ClFN4O3S/c28-24-19-9-3-6-12-23(19)37-25(24)27(35)36-22-11-5-2-7-17(22)15-30-31-26(34)21-13-14-33(32-21)16-18-8-1-4-10-20(18)29/h1-15H,16H2,(H,31,34)/b30-15-. The highest BCUT2D eigenvalue weighted by Crippen LogP contribution is 2.36. The molecule has 7 nitrogen and oxygen atoms in total. The average Bonchev–Trinajstić information content (AvgIpc) is 3.51. The van der Waals surface area contributed by atoms with Gasteiger partial charge in [-0.2, -0.15) is 10.2 Å². The maximum Gasteiger partial charge on any atom is 0.355 e. The zero-order chi connectivity index (χ0) is 25.8. The minimum atomic E-state index is -0.587. The molecule has 0 atom stereocenters. The number of halogens is 2. The van der Waals surface area contributed by atoms with Gasteiger partial charge in [-0.3, -0.25) is 9.48 Å². The lowest BCUT2D eigenvalue weighted by atomic mass is 10.2. The Hall–Kier alpha value is -4.34. The minimum Gasteiger partial charge on any atom is -0.422 e. The highest BCUT2D eigenvalue weighted by molar-refractivity contribution is 7.21. The fourth-order valence-electron chi connectivity index (χ4n) is 3.56. The Kier molecular flexibility index (Phi) is 7.07. The van der Waals surface area contributed by atoms with Crippen LogP contribution in [0.3, 0.4) is 0 Å². The molecule has 0 unspecified atom stereocenters. The number of rotatable bonds is 7. The molecule has 184 valence electrons. The fraction of sp³-hybridized carbons (Fsp3) is 0.0370. The van der Waals surface area contributed by atoms with Crippen molar-refractivity contribution in [1.29, 1.82) is 0 Å². The van der Waals surface area contributed by atoms with Crippen molar-refractivity contribution in [2.75, 3.05) is 0 Å². The summed E-state index contributed by atoms with van der Waals surface area (Å²) in [7, 11) is 0. The minimum absolute atomic E-state index is 0.118. The van der Waals surface area contributed by atoms with Crippen LogP contribution >= 0.6 is 22.9 Å². The molecule has 1 amide bonds. The number of benzene rings is 3. The molecule has 0 radical (unpaired) electrons. The zero-order valence-electron chi connectivity index (χ0n) is 19.1. The molecule has 0 spiro atoms. The lowest BCUT2D eigenvalue weighted by Crippen LogP contribution is -2.19. The molecule has 5 rings (SSSR count). The average molecular weight is 533 g/mol. The summed E-state index contributed by atoms with van der Waals surface area (Å²) in [4.78, 5) is 25.6. The molecular formula is C27H18ClFN4O3S. The molecule has 3 aromatic carbocycles. The fourth-order valence-corrected chi connectivity index (χ4v) is 4.95. The molecule has 5 aromatic rings. The van der Waals surface area contributed by atoms with Gasteiger partial charge in [0.05, 0.1) is 17.8 Å². The summed E-state index contributed by atoms with van der Waals surface area (Å²) in [6.45, 7) is 0.186. The summed E-state index contributed by atoms with van der Waals surface area (Å²) in [5, 5.41) is 9.27. The number of carbonyl (C=O) groups is 2. The van der Waals surface area contributed by atoms with E-state index in [9.17, 15) is 14.0 Å². The van der Waals surface area contributed by atoms with E-state index >= 15 is 0 Å². The molecule has 1 N–H and O–H groups in total. The predicted octanol–water partition coefficient (Wildman–Crippen LogP) is 5.92. The zero-order valence-corrected chi connectivity index (χ0v) is 20.7. The van der Waals surface area contributed by atoms with E-state index in [1.165, 1.54) is 34.4 Å². The number of fused-ring (bicyclic) bond motifs is 1. The first-order valence-electron chi connectivity index (χ1n) is 11.1. The lowest BCUT2D eigenvalue weighted by Gasteiger charge is -2.06. The number of para-hydroxylation sites is 1. The van der Waals surface area contributed by atoms with Gasteiger partial charge in [0.2, 0.25) is 0 Å². The second-order valence-electron chi connectivity index (χ2n) is 7.86. The Morgan fingerprint density at radius 2 is 1.81 bits per heavy atom. The van der Waals surface area contributed by atoms with Crippen LogP contribution in [0, 0.1) is 5.82 Å². The molecule has 0 bridgehead atoms. The van der Waals surface area contributed by atoms with Crippen LogP contribution in [0.25, 0.3) is 10.1 Å². The first kappa shape index (κ1) is 24.4. The smallest absolute Gasteiger partial charge is 0.355 e. The van der Waals surface area contributed by atoms with E-state index < -0.39 is 11.9 Å². The van der Waals surface area contributed by atoms with Crippen LogP contribution in [-0.2, 0) is 6.54 Å². The Bertz CT molecular complexity index is 1650. The van der Waals surface area contributed by atoms with Gasteiger partial charge in [-0.1, -0.05) is 60.1 Å². The highest BCUT2D eigenvalue weighted by atomic mass is 35.5. The summed E-state index contributed by atoms with van der Waals surface area (Å²) in [6.07, 6.45) is 2.95. The van der Waals surface area contributed by atoms with Crippen molar-refractivity contribution >= 4 is 51.1 Å². The number of hydrogen-bond acceptors (Lipinski definition) is 6. The number of aromatic nitrogens is 2. The van der Waals surface area contributed by atoms with Crippen LogP contribution in [0.1, 0.15) is 31.3 Å². The van der Waals surface area contributed by atoms with Gasteiger partial charge in [0, 0.05) is 27.4 Å². The Labute approximate surface area is 219 Å². The summed E-state index contributed by atoms with van der Waals surface area (Å²) < 4.78 is 21.8. The van der Waals surface area contributed by atoms with Crippen LogP contribution in [-0.4, -0.2) is 27.9 Å². The Morgan fingerprint density at radius 1 is 1.05 bits per heavy atom. The van der Waals surface area contributed by atoms with Gasteiger partial charge in [-0.15, -0.1) is 11.3 Å². The molecule has 0 saturated heterocycles. The number of nitrogens with one attached hydrogen (secondary N) is 1. The number of thiophene rings is 1. The number of esters is 1. The third-order valence-corrected chi connectivity index (χ3v) is 7.03. The molecule has 0 aliphatic rings. The van der Waals surface area contributed by atoms with Gasteiger partial charge < -0.3 is 4.74 Å². The second kappa shape index (κ2) is 10.7. The van der Waals surface area contributed by atoms with Crippen molar-refractivity contribution < 1.29 is 18.7 Å². The number of hydrazone groups is 1. The summed E-state index contributed by atoms with van der Waals surface area (Å²) in [5.74, 6) is -1.22. The van der Waals surface area contributed by atoms with Gasteiger partial charge in [0.1, 0.15) is 16.4 Å². The third-order valence-electron chi connectivity index (χ3n) is 5.38. The summed E-state index contributed by atoms with van der Waals surface area (Å²) >= 11 is 7.65. The molecule has 10 heteroatoms. The topological polar surface area (TPSA) is 85.6 Å². The second-order valence-corrected chi connectivity index (χ2v) is 9.29. The molecule has 0 aliphatic heterocycles. The van der Waals surface area contributed by atoms with Crippen molar-refractivity contribution in [3.05, 3.63) is 118 Å². The normalized spacial score (nSPS) is 11.2. The summed E-state index contributed by atoms with van der Waals surface area (Å²) in [6, 6.07) is 22.1. The van der Waals surface area contributed by atoms with Crippen molar-refractivity contribution in [3.63, 3.8) is 0 Å². The maximum absolute atomic E-state index is 13.9. The van der Waals surface area contributed by atoms with Crippen LogP contribution < -0.4 is 10.2 Å². The quantitative estimate of drug-likeness (QED) is 0.122. The van der Waals surface area contributed by atoms with Gasteiger partial charge in [0.25, 0.3) is 5.91 Å². The number of ether oxygens (including phenoxy) is 1. The van der Waals surface area contributed by atoms with Crippen LogP contribution in [0.2, 0.25) is 5.02 Å². The van der Waals surface area contributed by atoms with E-state index in [1.807, 2.05) is 24.3 Å². The molecule has 0 aliphatic carbocycles. The molecule has 0 fully saturated rings. The van der Waals surface area contributed by atoms with E-state index in [-0.39, 0.29) is 23.8 Å². The molecule has 2 aromatic heterocycles. The van der Waals surface area contributed by atoms with Gasteiger partial charge in [-0.25, -0.2) is 14.6 Å². The van der Waals surface area contributed by atoms with Crippen LogP contribution in [0.15, 0.2) is 90.2 Å². The van der Waals surface area contributed by atoms with Crippen molar-refractivity contribution in [2.24, 2.45) is 5.10 Å². The van der Waals surface area contributed by atoms with Crippen molar-refractivity contribution in [2.45, 2.75) is 6.54 Å². The summed E-state index contributed by atoms with van der Waals surface area (Å²) in [5.41, 5.74) is 3.44. The SMILES string of the molecule is O=C(N/N=C\c1ccccc1OC(=O)c1sc2ccccc2c1Cl)c1ccn(Cc2ccccc2F)n1. The lowest BCUT2D eigenvalue weighted by molar-refractivity contribution is 0.0739. The first-order valence-corrected chi connectivity index (χ1v) is 12.3. The first-order chi connectivity index (χ1) is 18.0. The number of hydrogen-bond donors (Lipinski definition) is 1. The van der Waals surface area contributed by atoms with E-state index in [0.29, 0.717) is 21.0 Å². The molecular weight excluding hydrogens is 515 g/mol. The number of nitrogens with zero attached hydrogens (tertiary/aromatic N) is 3. The van der Waals surface area contributed by atoms with Gasteiger partial charge >= 0.3 is 5.97 Å². The third kappa shape index (κ3) is 5.42. The monoisotopic (exact) mass is 532 g/mol. The van der Waals surface area contributed by atoms with Crippen LogP contribution in [0.5, 0.6) is 5.75 Å². The Morgan fingerprint density at radius 3 is 2.65 bits per heavy atom. The van der Waals surface area contributed by atoms with E-state index in [1.54, 1.807) is 48.7 Å². The predicted molar refractivity (Wildman–Crippen MR) is 141 cm³/mol. The van der Waals surface area contributed by atoms with E-state index in [2.05, 4.69) is 15.6 Å². The Balaban J connectivity index is 1.25. The van der Waals surface area contributed by atoms with Crippen LogP contribution in [0.4, 0.5) is 4.39 Å². The van der Waals surface area contributed by atoms with Crippen molar-refractivity contribution in [3.8, 4) is 5.75 Å². The number of carbonyl (C=O) groups excluding carboxylic acids is 2. The molecule has 37 heavy (non-hydrogen) atoms.